The van der Waals surface area contributed by atoms with E-state index in [9.17, 15) is 18.0 Å². The van der Waals surface area contributed by atoms with Gasteiger partial charge in [0.15, 0.2) is 16.4 Å². The first kappa shape index (κ1) is 23.8. The molecule has 0 aromatic heterocycles. The average Bonchev–Trinajstić information content (AvgIpc) is 2.74. The first-order valence-electron chi connectivity index (χ1n) is 9.46. The number of sulfone groups is 1. The summed E-state index contributed by atoms with van der Waals surface area (Å²) in [5.41, 5.74) is 1.39. The van der Waals surface area contributed by atoms with E-state index >= 15 is 0 Å². The smallest absolute Gasteiger partial charge is 0.338 e. The van der Waals surface area contributed by atoms with Crippen LogP contribution >= 0.6 is 23.4 Å². The minimum atomic E-state index is -3.16. The molecule has 166 valence electrons. The molecule has 0 saturated carbocycles. The Morgan fingerprint density at radius 3 is 2.28 bits per heavy atom. The summed E-state index contributed by atoms with van der Waals surface area (Å²) in [6.07, 6.45) is 1.14. The minimum Gasteiger partial charge on any atom is -0.452 e. The summed E-state index contributed by atoms with van der Waals surface area (Å²) < 4.78 is 27.8. The van der Waals surface area contributed by atoms with Crippen molar-refractivity contribution in [1.82, 2.24) is 0 Å². The molecule has 0 atom stereocenters. The lowest BCUT2D eigenvalue weighted by molar-refractivity contribution is -0.119. The fourth-order valence-electron chi connectivity index (χ4n) is 2.73. The van der Waals surface area contributed by atoms with Gasteiger partial charge < -0.3 is 10.1 Å². The number of ether oxygens (including phenoxy) is 1. The van der Waals surface area contributed by atoms with Crippen LogP contribution in [0.4, 0.5) is 5.69 Å². The molecule has 0 saturated heterocycles. The van der Waals surface area contributed by atoms with E-state index in [0.717, 1.165) is 16.0 Å². The van der Waals surface area contributed by atoms with Crippen LogP contribution in [-0.2, 0) is 25.1 Å². The van der Waals surface area contributed by atoms with Gasteiger partial charge in [0.1, 0.15) is 0 Å². The summed E-state index contributed by atoms with van der Waals surface area (Å²) >= 11 is 7.39. The summed E-state index contributed by atoms with van der Waals surface area (Å²) in [7, 11) is -3.16. The zero-order valence-electron chi connectivity index (χ0n) is 17.1. The Hall–Kier alpha value is -2.81. The fourth-order valence-corrected chi connectivity index (χ4v) is 4.55. The van der Waals surface area contributed by atoms with Crippen LogP contribution in [0.5, 0.6) is 0 Å². The maximum atomic E-state index is 12.3. The van der Waals surface area contributed by atoms with E-state index in [1.807, 2.05) is 24.3 Å². The molecule has 0 aliphatic rings. The minimum absolute atomic E-state index is 0.113. The molecular formula is C23H20ClNO5S2. The highest BCUT2D eigenvalue weighted by Crippen LogP contribution is 2.33. The molecule has 3 rings (SSSR count). The van der Waals surface area contributed by atoms with Gasteiger partial charge in [0, 0.05) is 21.1 Å². The van der Waals surface area contributed by atoms with Gasteiger partial charge in [-0.05, 0) is 54.1 Å². The van der Waals surface area contributed by atoms with E-state index in [1.165, 1.54) is 23.9 Å². The number of halogens is 1. The van der Waals surface area contributed by atoms with Crippen LogP contribution in [0.15, 0.2) is 82.6 Å². The van der Waals surface area contributed by atoms with E-state index in [4.69, 9.17) is 16.3 Å². The van der Waals surface area contributed by atoms with Gasteiger partial charge in [0.05, 0.1) is 17.0 Å². The van der Waals surface area contributed by atoms with Crippen LogP contribution in [0.1, 0.15) is 15.9 Å². The van der Waals surface area contributed by atoms with Crippen molar-refractivity contribution in [3.05, 3.63) is 88.9 Å². The first-order chi connectivity index (χ1) is 15.2. The Balaban J connectivity index is 1.57. The molecule has 6 nitrogen and oxygen atoms in total. The van der Waals surface area contributed by atoms with Crippen molar-refractivity contribution in [3.8, 4) is 0 Å². The van der Waals surface area contributed by atoms with Crippen LogP contribution in [0, 0.1) is 0 Å². The first-order valence-corrected chi connectivity index (χ1v) is 12.7. The molecule has 0 spiro atoms. The predicted molar refractivity (Wildman–Crippen MR) is 126 cm³/mol. The molecule has 0 radical (unpaired) electrons. The highest BCUT2D eigenvalue weighted by Gasteiger charge is 2.13. The SMILES string of the molecule is CS(=O)(=O)Cc1ccc(C(=O)OCC(=O)Nc2ccccc2Sc2ccc(Cl)cc2)cc1. The van der Waals surface area contributed by atoms with Crippen LogP contribution in [-0.4, -0.2) is 33.2 Å². The van der Waals surface area contributed by atoms with Gasteiger partial charge in [-0.1, -0.05) is 47.6 Å². The Kier molecular flexibility index (Phi) is 7.95. The number of hydrogen-bond donors (Lipinski definition) is 1. The number of hydrogen-bond acceptors (Lipinski definition) is 6. The molecule has 0 unspecified atom stereocenters. The number of carbonyl (C=O) groups is 2. The second-order valence-electron chi connectivity index (χ2n) is 6.94. The number of para-hydroxylation sites is 1. The number of anilines is 1. The third kappa shape index (κ3) is 7.40. The van der Waals surface area contributed by atoms with Gasteiger partial charge in [-0.25, -0.2) is 13.2 Å². The normalized spacial score (nSPS) is 11.1. The molecular weight excluding hydrogens is 470 g/mol. The van der Waals surface area contributed by atoms with Gasteiger partial charge >= 0.3 is 5.97 Å². The molecule has 0 heterocycles. The number of amides is 1. The van der Waals surface area contributed by atoms with E-state index in [2.05, 4.69) is 5.32 Å². The maximum absolute atomic E-state index is 12.3. The zero-order valence-corrected chi connectivity index (χ0v) is 19.5. The molecule has 3 aromatic carbocycles. The van der Waals surface area contributed by atoms with Crippen molar-refractivity contribution in [3.63, 3.8) is 0 Å². The second-order valence-corrected chi connectivity index (χ2v) is 10.6. The van der Waals surface area contributed by atoms with E-state index in [0.29, 0.717) is 16.3 Å². The van der Waals surface area contributed by atoms with E-state index < -0.39 is 28.3 Å². The Morgan fingerprint density at radius 1 is 0.969 bits per heavy atom. The van der Waals surface area contributed by atoms with Gasteiger partial charge in [0.25, 0.3) is 5.91 Å². The predicted octanol–water partition coefficient (Wildman–Crippen LogP) is 4.83. The van der Waals surface area contributed by atoms with Crippen LogP contribution in [0.3, 0.4) is 0 Å². The third-order valence-corrected chi connectivity index (χ3v) is 6.35. The molecule has 0 aliphatic carbocycles. The number of esters is 1. The lowest BCUT2D eigenvalue weighted by Gasteiger charge is -2.11. The summed E-state index contributed by atoms with van der Waals surface area (Å²) in [5.74, 6) is -1.26. The highest BCUT2D eigenvalue weighted by atomic mass is 35.5. The van der Waals surface area contributed by atoms with Gasteiger partial charge in [-0.3, -0.25) is 4.79 Å². The monoisotopic (exact) mass is 489 g/mol. The highest BCUT2D eigenvalue weighted by molar-refractivity contribution is 7.99. The third-order valence-electron chi connectivity index (χ3n) is 4.16. The van der Waals surface area contributed by atoms with Crippen molar-refractivity contribution in [2.24, 2.45) is 0 Å². The van der Waals surface area contributed by atoms with Crippen molar-refractivity contribution in [2.45, 2.75) is 15.5 Å². The maximum Gasteiger partial charge on any atom is 0.338 e. The molecule has 0 fully saturated rings. The molecule has 3 aromatic rings. The molecule has 0 aliphatic heterocycles. The van der Waals surface area contributed by atoms with Gasteiger partial charge in [-0.15, -0.1) is 0 Å². The molecule has 9 heteroatoms. The van der Waals surface area contributed by atoms with E-state index in [-0.39, 0.29) is 11.3 Å². The van der Waals surface area contributed by atoms with Gasteiger partial charge in [-0.2, -0.15) is 0 Å². The molecule has 1 amide bonds. The summed E-state index contributed by atoms with van der Waals surface area (Å²) in [4.78, 5) is 26.3. The summed E-state index contributed by atoms with van der Waals surface area (Å²) in [6, 6.07) is 20.7. The van der Waals surface area contributed by atoms with Crippen molar-refractivity contribution in [1.29, 1.82) is 0 Å². The van der Waals surface area contributed by atoms with E-state index in [1.54, 1.807) is 36.4 Å². The topological polar surface area (TPSA) is 89.5 Å². The van der Waals surface area contributed by atoms with Crippen LogP contribution < -0.4 is 5.32 Å². The largest absolute Gasteiger partial charge is 0.452 e. The quantitative estimate of drug-likeness (QED) is 0.456. The number of nitrogens with one attached hydrogen (secondary N) is 1. The fraction of sp³-hybridized carbons (Fsp3) is 0.130. The second kappa shape index (κ2) is 10.7. The molecule has 0 bridgehead atoms. The van der Waals surface area contributed by atoms with Crippen molar-refractivity contribution < 1.29 is 22.7 Å². The van der Waals surface area contributed by atoms with Crippen LogP contribution in [0.25, 0.3) is 0 Å². The summed E-state index contributed by atoms with van der Waals surface area (Å²) in [5, 5.41) is 3.40. The van der Waals surface area contributed by atoms with Crippen molar-refractivity contribution in [2.75, 3.05) is 18.2 Å². The lowest BCUT2D eigenvalue weighted by Crippen LogP contribution is -2.21. The Morgan fingerprint density at radius 2 is 1.62 bits per heavy atom. The summed E-state index contributed by atoms with van der Waals surface area (Å²) in [6.45, 7) is -0.454. The number of benzene rings is 3. The Labute approximate surface area is 195 Å². The zero-order chi connectivity index (χ0) is 23.1. The standard InChI is InChI=1S/C23H20ClNO5S2/c1-32(28,29)15-16-6-8-17(9-7-16)23(27)30-14-22(26)25-20-4-2-3-5-21(20)31-19-12-10-18(24)11-13-19/h2-13H,14-15H2,1H3,(H,25,26). The van der Waals surface area contributed by atoms with Crippen molar-refractivity contribution >= 4 is 50.8 Å². The van der Waals surface area contributed by atoms with Crippen LogP contribution in [0.2, 0.25) is 5.02 Å². The van der Waals surface area contributed by atoms with Gasteiger partial charge in [0.2, 0.25) is 0 Å². The lowest BCUT2D eigenvalue weighted by atomic mass is 10.1. The Bertz CT molecular complexity index is 1210. The molecule has 1 N–H and O–H groups in total. The number of carbonyl (C=O) groups excluding carboxylic acids is 2. The number of rotatable bonds is 8. The average molecular weight is 490 g/mol. The molecule has 32 heavy (non-hydrogen) atoms.